The van der Waals surface area contributed by atoms with Gasteiger partial charge in [0.25, 0.3) is 10.0 Å². The van der Waals surface area contributed by atoms with Crippen molar-refractivity contribution in [2.45, 2.75) is 24.4 Å². The predicted octanol–water partition coefficient (Wildman–Crippen LogP) is 3.44. The van der Waals surface area contributed by atoms with E-state index in [1.165, 1.54) is 37.1 Å². The van der Waals surface area contributed by atoms with Gasteiger partial charge in [-0.25, -0.2) is 8.42 Å². The number of hydrogen-bond acceptors (Lipinski definition) is 5. The highest BCUT2D eigenvalue weighted by molar-refractivity contribution is 7.92. The van der Waals surface area contributed by atoms with Gasteiger partial charge in [-0.05, 0) is 48.4 Å². The number of amides is 1. The second-order valence-corrected chi connectivity index (χ2v) is 8.55. The Morgan fingerprint density at radius 1 is 1.16 bits per heavy atom. The van der Waals surface area contributed by atoms with Crippen LogP contribution >= 0.6 is 0 Å². The second kappa shape index (κ2) is 8.75. The number of hydrogen-bond donors (Lipinski definition) is 1. The zero-order chi connectivity index (χ0) is 22.8. The fourth-order valence-electron chi connectivity index (χ4n) is 3.22. The lowest BCUT2D eigenvalue weighted by Gasteiger charge is -2.17. The van der Waals surface area contributed by atoms with Crippen LogP contribution < -0.4 is 14.4 Å². The third-order valence-electron chi connectivity index (χ3n) is 4.73. The van der Waals surface area contributed by atoms with E-state index in [9.17, 15) is 26.4 Å². The molecule has 0 aromatic heterocycles. The van der Waals surface area contributed by atoms with Gasteiger partial charge in [-0.3, -0.25) is 9.52 Å². The van der Waals surface area contributed by atoms with Gasteiger partial charge in [-0.1, -0.05) is 0 Å². The molecule has 0 saturated heterocycles. The lowest BCUT2D eigenvalue weighted by atomic mass is 10.2. The third-order valence-corrected chi connectivity index (χ3v) is 6.10. The summed E-state index contributed by atoms with van der Waals surface area (Å²) >= 11 is 0. The molecule has 168 valence electrons. The van der Waals surface area contributed by atoms with E-state index >= 15 is 0 Å². The third kappa shape index (κ3) is 5.10. The number of sulfonamides is 1. The van der Waals surface area contributed by atoms with Crippen LogP contribution in [-0.4, -0.2) is 41.2 Å². The Hall–Kier alpha value is -2.79. The van der Waals surface area contributed by atoms with Gasteiger partial charge in [0.15, 0.2) is 0 Å². The largest absolute Gasteiger partial charge is 0.489 e. The van der Waals surface area contributed by atoms with Gasteiger partial charge in [0.2, 0.25) is 5.91 Å². The molecule has 0 spiro atoms. The Bertz CT molecular complexity index is 1090. The summed E-state index contributed by atoms with van der Waals surface area (Å²) in [4.78, 5) is 13.1. The molecule has 0 radical (unpaired) electrons. The number of fused-ring (bicyclic) bond motifs is 1. The van der Waals surface area contributed by atoms with Gasteiger partial charge < -0.3 is 14.4 Å². The Kier molecular flexibility index (Phi) is 6.46. The summed E-state index contributed by atoms with van der Waals surface area (Å²) in [6.07, 6.45) is -4.18. The summed E-state index contributed by atoms with van der Waals surface area (Å²) in [5.41, 5.74) is -0.0695. The minimum atomic E-state index is -4.66. The molecule has 3 rings (SSSR count). The number of nitrogens with one attached hydrogen (secondary N) is 1. The van der Waals surface area contributed by atoms with E-state index < -0.39 is 21.8 Å². The zero-order valence-corrected chi connectivity index (χ0v) is 17.6. The maximum absolute atomic E-state index is 13.1. The summed E-state index contributed by atoms with van der Waals surface area (Å²) in [6, 6.07) is 6.79. The number of anilines is 2. The number of methoxy groups -OCH3 is 1. The Morgan fingerprint density at radius 3 is 2.55 bits per heavy atom. The fourth-order valence-corrected chi connectivity index (χ4v) is 4.33. The Balaban J connectivity index is 1.93. The van der Waals surface area contributed by atoms with Gasteiger partial charge in [0, 0.05) is 26.3 Å². The topological polar surface area (TPSA) is 84.9 Å². The molecule has 0 saturated carbocycles. The first kappa shape index (κ1) is 22.9. The maximum atomic E-state index is 13.1. The van der Waals surface area contributed by atoms with E-state index in [4.69, 9.17) is 9.47 Å². The van der Waals surface area contributed by atoms with Crippen LogP contribution in [0.25, 0.3) is 0 Å². The van der Waals surface area contributed by atoms with Crippen molar-refractivity contribution in [1.82, 2.24) is 0 Å². The highest BCUT2D eigenvalue weighted by atomic mass is 32.2. The highest BCUT2D eigenvalue weighted by Gasteiger charge is 2.32. The molecule has 2 aromatic rings. The van der Waals surface area contributed by atoms with Crippen molar-refractivity contribution in [2.24, 2.45) is 0 Å². The molecule has 0 unspecified atom stereocenters. The molecular formula is C20H21F3N2O5S. The van der Waals surface area contributed by atoms with E-state index in [1.54, 1.807) is 0 Å². The molecule has 1 amide bonds. The van der Waals surface area contributed by atoms with Gasteiger partial charge in [0.05, 0.1) is 22.8 Å². The van der Waals surface area contributed by atoms with Crippen molar-refractivity contribution in [3.8, 4) is 5.75 Å². The van der Waals surface area contributed by atoms with Crippen molar-refractivity contribution in [3.63, 3.8) is 0 Å². The summed E-state index contributed by atoms with van der Waals surface area (Å²) in [6.45, 7) is 2.05. The molecule has 11 heteroatoms. The molecule has 0 fully saturated rings. The van der Waals surface area contributed by atoms with Crippen LogP contribution in [0.2, 0.25) is 0 Å². The van der Waals surface area contributed by atoms with E-state index in [0.717, 1.165) is 12.1 Å². The normalized spacial score (nSPS) is 13.8. The maximum Gasteiger partial charge on any atom is 0.416 e. The number of benzene rings is 2. The molecule has 1 aliphatic rings. The van der Waals surface area contributed by atoms with Crippen molar-refractivity contribution in [1.29, 1.82) is 0 Å². The summed E-state index contributed by atoms with van der Waals surface area (Å²) in [7, 11) is -2.79. The van der Waals surface area contributed by atoms with Gasteiger partial charge >= 0.3 is 6.18 Å². The minimum absolute atomic E-state index is 0.0241. The molecule has 0 bridgehead atoms. The first-order valence-electron chi connectivity index (χ1n) is 9.30. The molecule has 0 atom stereocenters. The fraction of sp³-hybridized carbons (Fsp3) is 0.350. The standard InChI is InChI=1S/C20H21F3N2O5S/c1-13(26)25-8-7-14-11-16(4-5-18(14)25)31(27,28)24-17-12-15(20(21,22)23)3-6-19(17)30-10-9-29-2/h3-6,11-12,24H,7-10H2,1-2H3. The first-order chi connectivity index (χ1) is 14.5. The molecule has 7 nitrogen and oxygen atoms in total. The van der Waals surface area contributed by atoms with Crippen LogP contribution in [0.3, 0.4) is 0 Å². The Labute approximate surface area is 177 Å². The lowest BCUT2D eigenvalue weighted by molar-refractivity contribution is -0.137. The van der Waals surface area contributed by atoms with Crippen LogP contribution in [-0.2, 0) is 32.2 Å². The van der Waals surface area contributed by atoms with Gasteiger partial charge in [-0.15, -0.1) is 0 Å². The first-order valence-corrected chi connectivity index (χ1v) is 10.8. The number of alkyl halides is 3. The predicted molar refractivity (Wildman–Crippen MR) is 108 cm³/mol. The molecule has 0 aliphatic carbocycles. The summed E-state index contributed by atoms with van der Waals surface area (Å²) < 4.78 is 77.7. The van der Waals surface area contributed by atoms with Crippen molar-refractivity contribution in [3.05, 3.63) is 47.5 Å². The number of carbonyl (C=O) groups is 1. The SMILES string of the molecule is COCCOc1ccc(C(F)(F)F)cc1NS(=O)(=O)c1ccc2c(c1)CCN2C(C)=O. The monoisotopic (exact) mass is 458 g/mol. The van der Waals surface area contributed by atoms with E-state index in [0.29, 0.717) is 30.3 Å². The van der Waals surface area contributed by atoms with E-state index in [2.05, 4.69) is 4.72 Å². The van der Waals surface area contributed by atoms with E-state index in [-0.39, 0.29) is 35.5 Å². The highest BCUT2D eigenvalue weighted by Crippen LogP contribution is 2.37. The summed E-state index contributed by atoms with van der Waals surface area (Å²) in [5, 5.41) is 0. The molecule has 31 heavy (non-hydrogen) atoms. The molecule has 1 N–H and O–H groups in total. The molecular weight excluding hydrogens is 437 g/mol. The Morgan fingerprint density at radius 2 is 1.90 bits per heavy atom. The van der Waals surface area contributed by atoms with Crippen LogP contribution in [0, 0.1) is 0 Å². The average molecular weight is 458 g/mol. The number of halogens is 3. The second-order valence-electron chi connectivity index (χ2n) is 6.87. The quantitative estimate of drug-likeness (QED) is 0.643. The molecule has 1 aliphatic heterocycles. The molecule has 2 aromatic carbocycles. The smallest absolute Gasteiger partial charge is 0.416 e. The number of nitrogens with zero attached hydrogens (tertiary/aromatic N) is 1. The van der Waals surface area contributed by atoms with Crippen molar-refractivity contribution >= 4 is 27.3 Å². The van der Waals surface area contributed by atoms with Crippen LogP contribution in [0.5, 0.6) is 5.75 Å². The van der Waals surface area contributed by atoms with Crippen LogP contribution in [0.15, 0.2) is 41.3 Å². The average Bonchev–Trinajstić information content (AvgIpc) is 3.12. The van der Waals surface area contributed by atoms with Crippen molar-refractivity contribution < 1.29 is 35.9 Å². The zero-order valence-electron chi connectivity index (χ0n) is 16.8. The lowest BCUT2D eigenvalue weighted by Crippen LogP contribution is -2.25. The summed E-state index contributed by atoms with van der Waals surface area (Å²) in [5.74, 6) is -0.216. The van der Waals surface area contributed by atoms with E-state index in [1.807, 2.05) is 0 Å². The number of rotatable bonds is 7. The number of ether oxygens (including phenoxy) is 2. The molecule has 1 heterocycles. The van der Waals surface area contributed by atoms with Crippen LogP contribution in [0.4, 0.5) is 24.5 Å². The minimum Gasteiger partial charge on any atom is -0.489 e. The van der Waals surface area contributed by atoms with Gasteiger partial charge in [-0.2, -0.15) is 13.2 Å². The van der Waals surface area contributed by atoms with Crippen molar-refractivity contribution in [2.75, 3.05) is 36.5 Å². The van der Waals surface area contributed by atoms with Gasteiger partial charge in [0.1, 0.15) is 12.4 Å². The van der Waals surface area contributed by atoms with Crippen LogP contribution in [0.1, 0.15) is 18.1 Å². The number of carbonyl (C=O) groups excluding carboxylic acids is 1.